The van der Waals surface area contributed by atoms with Crippen LogP contribution in [0.3, 0.4) is 0 Å². The van der Waals surface area contributed by atoms with Gasteiger partial charge >= 0.3 is 88.7 Å². The van der Waals surface area contributed by atoms with Crippen LogP contribution in [0.1, 0.15) is 6.42 Å². The molecular weight excluding hydrogens is 273 g/mol. The molecule has 0 aromatic rings. The fourth-order valence-corrected chi connectivity index (χ4v) is 1.02. The van der Waals surface area contributed by atoms with E-state index < -0.39 is 34.1 Å². The molecule has 0 radical (unpaired) electrons. The zero-order valence-electron chi connectivity index (χ0n) is 9.05. The van der Waals surface area contributed by atoms with Crippen LogP contribution in [0.25, 0.3) is 0 Å². The first-order chi connectivity index (χ1) is 5.72. The summed E-state index contributed by atoms with van der Waals surface area (Å²) in [5.74, 6) is -3.86. The van der Waals surface area contributed by atoms with E-state index in [0.29, 0.717) is 0 Å². The summed E-state index contributed by atoms with van der Waals surface area (Å²) in [6, 6.07) is 0. The minimum atomic E-state index is -4.94. The van der Waals surface area contributed by atoms with Gasteiger partial charge in [-0.05, 0) is 5.57 Å². The fourth-order valence-electron chi connectivity index (χ4n) is 0.492. The van der Waals surface area contributed by atoms with Crippen LogP contribution in [0.2, 0.25) is 0 Å². The third-order valence-corrected chi connectivity index (χ3v) is 1.46. The molecule has 0 N–H and O–H groups in total. The minimum Gasteiger partial charge on any atom is -0.744 e. The van der Waals surface area contributed by atoms with Crippen molar-refractivity contribution >= 4 is 22.1 Å². The molecule has 0 aliphatic heterocycles. The van der Waals surface area contributed by atoms with Crippen LogP contribution in [0.4, 0.5) is 0 Å². The third-order valence-electron chi connectivity index (χ3n) is 0.884. The van der Waals surface area contributed by atoms with Gasteiger partial charge in [-0.15, -0.1) is 0 Å². The SMILES string of the molecule is O=C([O-])CC(=CS(=O)(=O)[O-])C(=O)[O-].[Na+].[Na+].[Na+]. The molecule has 0 aliphatic rings. The summed E-state index contributed by atoms with van der Waals surface area (Å²) in [5, 5.41) is 19.7. The smallest absolute Gasteiger partial charge is 0.744 e. The van der Waals surface area contributed by atoms with Gasteiger partial charge in [-0.25, -0.2) is 8.42 Å². The molecule has 16 heavy (non-hydrogen) atoms. The Morgan fingerprint density at radius 3 is 1.62 bits per heavy atom. The minimum absolute atomic E-state index is 0. The van der Waals surface area contributed by atoms with Gasteiger partial charge < -0.3 is 24.4 Å². The molecule has 0 unspecified atom stereocenters. The monoisotopic (exact) mass is 276 g/mol. The molecule has 0 aliphatic carbocycles. The quantitative estimate of drug-likeness (QED) is 0.282. The molecule has 0 aromatic heterocycles. The van der Waals surface area contributed by atoms with Crippen molar-refractivity contribution in [1.82, 2.24) is 0 Å². The van der Waals surface area contributed by atoms with Crippen molar-refractivity contribution in [3.05, 3.63) is 11.0 Å². The zero-order valence-corrected chi connectivity index (χ0v) is 15.9. The fraction of sp³-hybridized carbons (Fsp3) is 0.200. The first-order valence-corrected chi connectivity index (χ1v) is 4.27. The van der Waals surface area contributed by atoms with Crippen LogP contribution < -0.4 is 98.9 Å². The van der Waals surface area contributed by atoms with Crippen molar-refractivity contribution in [1.29, 1.82) is 0 Å². The Labute approximate surface area is 158 Å². The summed E-state index contributed by atoms with van der Waals surface area (Å²) >= 11 is 0. The molecule has 11 heteroatoms. The number of carbonyl (C=O) groups is 2. The Kier molecular flexibility index (Phi) is 19.1. The van der Waals surface area contributed by atoms with Crippen LogP contribution in [0.15, 0.2) is 11.0 Å². The molecule has 0 heterocycles. The number of carboxylic acid groups (broad SMARTS) is 2. The second kappa shape index (κ2) is 11.7. The molecule has 0 atom stereocenters. The Morgan fingerprint density at radius 1 is 1.06 bits per heavy atom. The average Bonchev–Trinajstić information content (AvgIpc) is 1.81. The van der Waals surface area contributed by atoms with Gasteiger partial charge in [-0.2, -0.15) is 0 Å². The van der Waals surface area contributed by atoms with Crippen LogP contribution in [0.5, 0.6) is 0 Å². The molecule has 74 valence electrons. The van der Waals surface area contributed by atoms with Gasteiger partial charge in [0.1, 0.15) is 10.1 Å². The summed E-state index contributed by atoms with van der Waals surface area (Å²) < 4.78 is 30.0. The van der Waals surface area contributed by atoms with Crippen molar-refractivity contribution in [3.63, 3.8) is 0 Å². The Morgan fingerprint density at radius 2 is 1.44 bits per heavy atom. The van der Waals surface area contributed by atoms with Crippen LogP contribution in [0, 0.1) is 0 Å². The Hall–Kier alpha value is 1.59. The average molecular weight is 276 g/mol. The summed E-state index contributed by atoms with van der Waals surface area (Å²) in [4.78, 5) is 19.9. The number of hydrogen-bond acceptors (Lipinski definition) is 7. The summed E-state index contributed by atoms with van der Waals surface area (Å²) in [6.07, 6.45) is -1.19. The van der Waals surface area contributed by atoms with E-state index in [9.17, 15) is 32.8 Å². The van der Waals surface area contributed by atoms with Gasteiger partial charge in [0, 0.05) is 17.8 Å². The summed E-state index contributed by atoms with van der Waals surface area (Å²) in [7, 11) is -4.94. The van der Waals surface area contributed by atoms with E-state index in [1.807, 2.05) is 0 Å². The topological polar surface area (TPSA) is 137 Å². The Bertz CT molecular complexity index is 360. The number of carbonyl (C=O) groups excluding carboxylic acids is 2. The van der Waals surface area contributed by atoms with Crippen LogP contribution in [-0.2, 0) is 19.7 Å². The number of carboxylic acids is 2. The van der Waals surface area contributed by atoms with E-state index >= 15 is 0 Å². The molecule has 7 nitrogen and oxygen atoms in total. The van der Waals surface area contributed by atoms with Gasteiger partial charge in [-0.3, -0.25) is 0 Å². The zero-order chi connectivity index (χ0) is 10.6. The molecule has 0 saturated carbocycles. The van der Waals surface area contributed by atoms with E-state index in [0.717, 1.165) is 0 Å². The van der Waals surface area contributed by atoms with Crippen molar-refractivity contribution in [3.8, 4) is 0 Å². The number of aliphatic carboxylic acids is 2. The van der Waals surface area contributed by atoms with Crippen LogP contribution in [-0.4, -0.2) is 24.9 Å². The van der Waals surface area contributed by atoms with E-state index in [1.165, 1.54) is 0 Å². The predicted molar refractivity (Wildman–Crippen MR) is 32.4 cm³/mol. The standard InChI is InChI=1S/C5H6O7S.3Na/c6-4(7)1-3(5(8)9)2-13(10,11)12;;;/h2H,1H2,(H,6,7)(H,8,9)(H,10,11,12);;;/q;3*+1/p-3. The Balaban J connectivity index is -0.000000240. The first kappa shape index (κ1) is 26.2. The molecule has 0 bridgehead atoms. The number of rotatable bonds is 4. The maximum atomic E-state index is 10.0. The van der Waals surface area contributed by atoms with Crippen LogP contribution >= 0.6 is 0 Å². The molecule has 0 spiro atoms. The molecule has 0 amide bonds. The summed E-state index contributed by atoms with van der Waals surface area (Å²) in [5.41, 5.74) is -1.14. The summed E-state index contributed by atoms with van der Waals surface area (Å²) in [6.45, 7) is 0. The van der Waals surface area contributed by atoms with E-state index in [-0.39, 0.29) is 94.1 Å². The number of hydrogen-bond donors (Lipinski definition) is 0. The molecular formula is C5H3Na3O7S. The maximum Gasteiger partial charge on any atom is 1.00 e. The van der Waals surface area contributed by atoms with E-state index in [2.05, 4.69) is 0 Å². The largest absolute Gasteiger partial charge is 1.00 e. The second-order valence-electron chi connectivity index (χ2n) is 1.97. The molecule has 0 fully saturated rings. The van der Waals surface area contributed by atoms with Gasteiger partial charge in [-0.1, -0.05) is 0 Å². The van der Waals surface area contributed by atoms with Crippen molar-refractivity contribution in [2.45, 2.75) is 6.42 Å². The first-order valence-electron chi connectivity index (χ1n) is 2.80. The molecule has 0 aromatic carbocycles. The van der Waals surface area contributed by atoms with Crippen molar-refractivity contribution in [2.75, 3.05) is 0 Å². The second-order valence-corrected chi connectivity index (χ2v) is 3.19. The maximum absolute atomic E-state index is 10.0. The van der Waals surface area contributed by atoms with Gasteiger partial charge in [0.2, 0.25) is 0 Å². The van der Waals surface area contributed by atoms with Gasteiger partial charge in [0.15, 0.2) is 0 Å². The van der Waals surface area contributed by atoms with Gasteiger partial charge in [0.05, 0.1) is 5.97 Å². The van der Waals surface area contributed by atoms with E-state index in [1.54, 1.807) is 0 Å². The van der Waals surface area contributed by atoms with Crippen molar-refractivity contribution < 1.29 is 121 Å². The third kappa shape index (κ3) is 15.6. The van der Waals surface area contributed by atoms with E-state index in [4.69, 9.17) is 0 Å². The predicted octanol–water partition coefficient (Wildman–Crippen LogP) is -12.7. The molecule has 0 rings (SSSR count). The van der Waals surface area contributed by atoms with Crippen molar-refractivity contribution in [2.24, 2.45) is 0 Å². The van der Waals surface area contributed by atoms with Gasteiger partial charge in [0.25, 0.3) is 0 Å². The molecule has 0 saturated heterocycles. The normalized spacial score (nSPS) is 10.2.